The molecule has 0 aromatic heterocycles. The van der Waals surface area contributed by atoms with Crippen LogP contribution in [0.25, 0.3) is 0 Å². The molecular formula is C17H18FNO. The van der Waals surface area contributed by atoms with Gasteiger partial charge in [-0.05, 0) is 32.0 Å². The highest BCUT2D eigenvalue weighted by atomic mass is 19.1. The SMILES string of the molecule is Cc1cccc(C(=O)N(C)C(C)c2ccccc2F)c1. The third kappa shape index (κ3) is 2.87. The lowest BCUT2D eigenvalue weighted by Crippen LogP contribution is -2.30. The highest BCUT2D eigenvalue weighted by molar-refractivity contribution is 5.94. The first-order valence-corrected chi connectivity index (χ1v) is 6.59. The number of aryl methyl sites for hydroxylation is 1. The van der Waals surface area contributed by atoms with E-state index in [1.165, 1.54) is 6.07 Å². The van der Waals surface area contributed by atoms with Crippen molar-refractivity contribution in [3.05, 3.63) is 71.0 Å². The molecule has 2 rings (SSSR count). The number of hydrogen-bond acceptors (Lipinski definition) is 1. The van der Waals surface area contributed by atoms with E-state index < -0.39 is 0 Å². The molecule has 2 aromatic rings. The first kappa shape index (κ1) is 14.3. The fourth-order valence-electron chi connectivity index (χ4n) is 2.18. The topological polar surface area (TPSA) is 20.3 Å². The van der Waals surface area contributed by atoms with E-state index in [1.54, 1.807) is 36.2 Å². The van der Waals surface area contributed by atoms with Gasteiger partial charge < -0.3 is 4.90 Å². The Bertz CT molecular complexity index is 624. The van der Waals surface area contributed by atoms with Crippen molar-refractivity contribution in [1.82, 2.24) is 4.90 Å². The molecule has 0 heterocycles. The van der Waals surface area contributed by atoms with Gasteiger partial charge in [0.15, 0.2) is 0 Å². The molecule has 0 saturated heterocycles. The lowest BCUT2D eigenvalue weighted by molar-refractivity contribution is 0.0740. The average Bonchev–Trinajstić information content (AvgIpc) is 2.45. The monoisotopic (exact) mass is 271 g/mol. The number of carbonyl (C=O) groups excluding carboxylic acids is 1. The molecule has 0 fully saturated rings. The summed E-state index contributed by atoms with van der Waals surface area (Å²) in [7, 11) is 1.70. The fraction of sp³-hybridized carbons (Fsp3) is 0.235. The third-order valence-electron chi connectivity index (χ3n) is 3.52. The van der Waals surface area contributed by atoms with Gasteiger partial charge in [-0.15, -0.1) is 0 Å². The Morgan fingerprint density at radius 1 is 1.15 bits per heavy atom. The molecule has 0 aliphatic carbocycles. The van der Waals surface area contributed by atoms with E-state index in [2.05, 4.69) is 0 Å². The Labute approximate surface area is 118 Å². The van der Waals surface area contributed by atoms with Crippen molar-refractivity contribution in [3.63, 3.8) is 0 Å². The maximum atomic E-state index is 13.8. The summed E-state index contributed by atoms with van der Waals surface area (Å²) in [5.41, 5.74) is 2.18. The number of halogens is 1. The van der Waals surface area contributed by atoms with Crippen LogP contribution < -0.4 is 0 Å². The Balaban J connectivity index is 2.25. The molecule has 0 radical (unpaired) electrons. The second-order valence-corrected chi connectivity index (χ2v) is 4.98. The Kier molecular flexibility index (Phi) is 4.18. The summed E-state index contributed by atoms with van der Waals surface area (Å²) >= 11 is 0. The van der Waals surface area contributed by atoms with E-state index >= 15 is 0 Å². The number of carbonyl (C=O) groups is 1. The Morgan fingerprint density at radius 2 is 1.85 bits per heavy atom. The maximum Gasteiger partial charge on any atom is 0.254 e. The van der Waals surface area contributed by atoms with Crippen molar-refractivity contribution in [3.8, 4) is 0 Å². The zero-order valence-corrected chi connectivity index (χ0v) is 11.9. The van der Waals surface area contributed by atoms with Crippen LogP contribution in [0.1, 0.15) is 34.5 Å². The van der Waals surface area contributed by atoms with Gasteiger partial charge in [-0.3, -0.25) is 4.79 Å². The number of rotatable bonds is 3. The van der Waals surface area contributed by atoms with Crippen molar-refractivity contribution < 1.29 is 9.18 Å². The van der Waals surface area contributed by atoms with Crippen molar-refractivity contribution in [2.75, 3.05) is 7.05 Å². The van der Waals surface area contributed by atoms with Crippen molar-refractivity contribution in [2.45, 2.75) is 19.9 Å². The van der Waals surface area contributed by atoms with Gasteiger partial charge in [0.1, 0.15) is 5.82 Å². The highest BCUT2D eigenvalue weighted by Gasteiger charge is 2.20. The molecule has 0 aliphatic rings. The van der Waals surface area contributed by atoms with Gasteiger partial charge in [-0.1, -0.05) is 35.9 Å². The van der Waals surface area contributed by atoms with Crippen LogP contribution in [0.5, 0.6) is 0 Å². The van der Waals surface area contributed by atoms with Gasteiger partial charge in [0.25, 0.3) is 5.91 Å². The molecule has 20 heavy (non-hydrogen) atoms. The summed E-state index contributed by atoms with van der Waals surface area (Å²) in [5.74, 6) is -0.395. The van der Waals surface area contributed by atoms with Crippen LogP contribution in [0.2, 0.25) is 0 Å². The van der Waals surface area contributed by atoms with E-state index in [0.717, 1.165) is 5.56 Å². The minimum atomic E-state index is -0.316. The van der Waals surface area contributed by atoms with Crippen LogP contribution >= 0.6 is 0 Å². The van der Waals surface area contributed by atoms with E-state index in [9.17, 15) is 9.18 Å². The maximum absolute atomic E-state index is 13.8. The molecule has 0 bridgehead atoms. The summed E-state index contributed by atoms with van der Waals surface area (Å²) in [4.78, 5) is 14.0. The minimum absolute atomic E-state index is 0.107. The van der Waals surface area contributed by atoms with Crippen LogP contribution in [0.15, 0.2) is 48.5 Å². The zero-order valence-electron chi connectivity index (χ0n) is 11.9. The molecule has 2 aromatic carbocycles. The largest absolute Gasteiger partial charge is 0.335 e. The molecule has 104 valence electrons. The van der Waals surface area contributed by atoms with Crippen molar-refractivity contribution in [2.24, 2.45) is 0 Å². The van der Waals surface area contributed by atoms with Crippen LogP contribution in [-0.2, 0) is 0 Å². The predicted molar refractivity (Wildman–Crippen MR) is 78.1 cm³/mol. The predicted octanol–water partition coefficient (Wildman–Crippen LogP) is 3.97. The van der Waals surface area contributed by atoms with E-state index in [-0.39, 0.29) is 17.8 Å². The number of benzene rings is 2. The van der Waals surface area contributed by atoms with Crippen LogP contribution in [-0.4, -0.2) is 17.9 Å². The first-order chi connectivity index (χ1) is 9.50. The molecule has 0 saturated carbocycles. The average molecular weight is 271 g/mol. The van der Waals surface area contributed by atoms with Gasteiger partial charge >= 0.3 is 0 Å². The van der Waals surface area contributed by atoms with Gasteiger partial charge in [0.2, 0.25) is 0 Å². The summed E-state index contributed by atoms with van der Waals surface area (Å²) in [6, 6.07) is 13.6. The van der Waals surface area contributed by atoms with Crippen molar-refractivity contribution >= 4 is 5.91 Å². The zero-order chi connectivity index (χ0) is 14.7. The van der Waals surface area contributed by atoms with E-state index in [4.69, 9.17) is 0 Å². The summed E-state index contributed by atoms with van der Waals surface area (Å²) < 4.78 is 13.8. The second-order valence-electron chi connectivity index (χ2n) is 4.98. The Morgan fingerprint density at radius 3 is 2.50 bits per heavy atom. The third-order valence-corrected chi connectivity index (χ3v) is 3.52. The van der Waals surface area contributed by atoms with Crippen LogP contribution in [0.3, 0.4) is 0 Å². The normalized spacial score (nSPS) is 12.0. The smallest absolute Gasteiger partial charge is 0.254 e. The highest BCUT2D eigenvalue weighted by Crippen LogP contribution is 2.23. The molecule has 2 nitrogen and oxygen atoms in total. The van der Waals surface area contributed by atoms with Gasteiger partial charge in [0.05, 0.1) is 6.04 Å². The summed E-state index contributed by atoms with van der Waals surface area (Å²) in [6.45, 7) is 3.77. The number of hydrogen-bond donors (Lipinski definition) is 0. The molecule has 0 spiro atoms. The summed E-state index contributed by atoms with van der Waals surface area (Å²) in [5, 5.41) is 0. The summed E-state index contributed by atoms with van der Waals surface area (Å²) in [6.07, 6.45) is 0. The van der Waals surface area contributed by atoms with E-state index in [1.807, 2.05) is 32.0 Å². The molecule has 0 N–H and O–H groups in total. The lowest BCUT2D eigenvalue weighted by Gasteiger charge is -2.26. The Hall–Kier alpha value is -2.16. The van der Waals surface area contributed by atoms with Crippen molar-refractivity contribution in [1.29, 1.82) is 0 Å². The number of nitrogens with zero attached hydrogens (tertiary/aromatic N) is 1. The van der Waals surface area contributed by atoms with Gasteiger partial charge in [0, 0.05) is 18.2 Å². The van der Waals surface area contributed by atoms with Crippen LogP contribution in [0, 0.1) is 12.7 Å². The molecule has 3 heteroatoms. The molecule has 1 atom stereocenters. The minimum Gasteiger partial charge on any atom is -0.335 e. The van der Waals surface area contributed by atoms with Gasteiger partial charge in [-0.25, -0.2) is 4.39 Å². The van der Waals surface area contributed by atoms with E-state index in [0.29, 0.717) is 11.1 Å². The first-order valence-electron chi connectivity index (χ1n) is 6.59. The quantitative estimate of drug-likeness (QED) is 0.827. The molecule has 1 amide bonds. The molecular weight excluding hydrogens is 253 g/mol. The van der Waals surface area contributed by atoms with Crippen LogP contribution in [0.4, 0.5) is 4.39 Å². The van der Waals surface area contributed by atoms with Gasteiger partial charge in [-0.2, -0.15) is 0 Å². The second kappa shape index (κ2) is 5.87. The lowest BCUT2D eigenvalue weighted by atomic mass is 10.0. The molecule has 1 unspecified atom stereocenters. The molecule has 0 aliphatic heterocycles. The number of amides is 1. The fourth-order valence-corrected chi connectivity index (χ4v) is 2.18. The standard InChI is InChI=1S/C17H18FNO/c1-12-7-6-8-14(11-12)17(20)19(3)13(2)15-9-4-5-10-16(15)18/h4-11,13H,1-3H3.